The Morgan fingerprint density at radius 3 is 2.73 bits per heavy atom. The second-order valence-electron chi connectivity index (χ2n) is 4.40. The van der Waals surface area contributed by atoms with Gasteiger partial charge in [0, 0.05) is 32.9 Å². The van der Waals surface area contributed by atoms with E-state index < -0.39 is 11.7 Å². The van der Waals surface area contributed by atoms with Gasteiger partial charge in [-0.1, -0.05) is 0 Å². The van der Waals surface area contributed by atoms with Crippen molar-refractivity contribution in [1.29, 1.82) is 0 Å². The number of halogens is 3. The topological polar surface area (TPSA) is 84.6 Å². The number of aromatic nitrogens is 1. The third kappa shape index (κ3) is 7.11. The Kier molecular flexibility index (Phi) is 7.44. The maximum atomic E-state index is 12.4. The minimum absolute atomic E-state index is 0.338. The smallest absolute Gasteiger partial charge is 0.383 e. The molecule has 0 atom stereocenters. The Bertz CT molecular complexity index is 462. The van der Waals surface area contributed by atoms with E-state index in [2.05, 4.69) is 20.6 Å². The average molecular weight is 319 g/mol. The van der Waals surface area contributed by atoms with Crippen molar-refractivity contribution in [2.45, 2.75) is 12.6 Å². The quantitative estimate of drug-likeness (QED) is 0.384. The van der Waals surface area contributed by atoms with Crippen LogP contribution in [-0.2, 0) is 10.9 Å². The molecule has 0 saturated carbocycles. The molecule has 0 aromatic carbocycles. The lowest BCUT2D eigenvalue weighted by Crippen LogP contribution is -2.34. The molecule has 0 amide bonds. The zero-order valence-corrected chi connectivity index (χ0v) is 12.3. The number of ether oxygens (including phenoxy) is 1. The third-order valence-corrected chi connectivity index (χ3v) is 2.63. The van der Waals surface area contributed by atoms with Gasteiger partial charge in [-0.3, -0.25) is 4.99 Å². The normalized spacial score (nSPS) is 12.3. The van der Waals surface area contributed by atoms with E-state index in [1.54, 1.807) is 7.11 Å². The van der Waals surface area contributed by atoms with Crippen LogP contribution < -0.4 is 16.4 Å². The molecule has 1 rings (SSSR count). The predicted molar refractivity (Wildman–Crippen MR) is 78.7 cm³/mol. The number of pyridine rings is 1. The molecule has 124 valence electrons. The van der Waals surface area contributed by atoms with Crippen molar-refractivity contribution in [3.05, 3.63) is 23.9 Å². The number of hydrogen-bond acceptors (Lipinski definition) is 4. The van der Waals surface area contributed by atoms with Crippen LogP contribution in [0.3, 0.4) is 0 Å². The SMILES string of the molecule is COCCNC(N)=NCCCNc1ccc(C(F)(F)F)cn1. The van der Waals surface area contributed by atoms with Crippen molar-refractivity contribution >= 4 is 11.8 Å². The molecule has 0 unspecified atom stereocenters. The molecule has 1 aromatic heterocycles. The zero-order valence-electron chi connectivity index (χ0n) is 12.3. The molecular weight excluding hydrogens is 299 g/mol. The molecule has 0 spiro atoms. The molecule has 0 saturated heterocycles. The number of hydrogen-bond donors (Lipinski definition) is 3. The number of nitrogens with zero attached hydrogens (tertiary/aromatic N) is 2. The van der Waals surface area contributed by atoms with Crippen molar-refractivity contribution in [3.63, 3.8) is 0 Å². The minimum Gasteiger partial charge on any atom is -0.383 e. The van der Waals surface area contributed by atoms with Gasteiger partial charge in [-0.2, -0.15) is 13.2 Å². The largest absolute Gasteiger partial charge is 0.417 e. The number of nitrogens with two attached hydrogens (primary N) is 1. The van der Waals surface area contributed by atoms with Gasteiger partial charge >= 0.3 is 6.18 Å². The summed E-state index contributed by atoms with van der Waals surface area (Å²) >= 11 is 0. The summed E-state index contributed by atoms with van der Waals surface area (Å²) in [4.78, 5) is 7.80. The van der Waals surface area contributed by atoms with Gasteiger partial charge in [0.15, 0.2) is 5.96 Å². The van der Waals surface area contributed by atoms with Gasteiger partial charge < -0.3 is 21.1 Å². The van der Waals surface area contributed by atoms with Gasteiger partial charge in [0.2, 0.25) is 0 Å². The van der Waals surface area contributed by atoms with E-state index in [1.165, 1.54) is 6.07 Å². The Morgan fingerprint density at radius 2 is 2.14 bits per heavy atom. The highest BCUT2D eigenvalue weighted by molar-refractivity contribution is 5.77. The van der Waals surface area contributed by atoms with E-state index >= 15 is 0 Å². The summed E-state index contributed by atoms with van der Waals surface area (Å²) in [7, 11) is 1.59. The molecule has 0 bridgehead atoms. The van der Waals surface area contributed by atoms with E-state index in [1.807, 2.05) is 0 Å². The molecule has 0 radical (unpaired) electrons. The number of alkyl halides is 3. The Hall–Kier alpha value is -2.03. The first-order valence-corrected chi connectivity index (χ1v) is 6.73. The van der Waals surface area contributed by atoms with Crippen molar-refractivity contribution in [2.24, 2.45) is 10.7 Å². The summed E-state index contributed by atoms with van der Waals surface area (Å²) in [5, 5.41) is 5.80. The molecule has 6 nitrogen and oxygen atoms in total. The number of nitrogens with one attached hydrogen (secondary N) is 2. The lowest BCUT2D eigenvalue weighted by molar-refractivity contribution is -0.137. The van der Waals surface area contributed by atoms with E-state index in [0.29, 0.717) is 44.4 Å². The highest BCUT2D eigenvalue weighted by Crippen LogP contribution is 2.28. The zero-order chi connectivity index (χ0) is 16.4. The van der Waals surface area contributed by atoms with Crippen molar-refractivity contribution < 1.29 is 17.9 Å². The fourth-order valence-corrected chi connectivity index (χ4v) is 1.50. The highest BCUT2D eigenvalue weighted by atomic mass is 19.4. The Morgan fingerprint density at radius 1 is 1.36 bits per heavy atom. The molecular formula is C13H20F3N5O. The first-order valence-electron chi connectivity index (χ1n) is 6.73. The maximum absolute atomic E-state index is 12.4. The van der Waals surface area contributed by atoms with Crippen LogP contribution in [0.4, 0.5) is 19.0 Å². The van der Waals surface area contributed by atoms with E-state index in [-0.39, 0.29) is 0 Å². The maximum Gasteiger partial charge on any atom is 0.417 e. The molecule has 0 fully saturated rings. The molecule has 4 N–H and O–H groups in total. The summed E-state index contributed by atoms with van der Waals surface area (Å²) < 4.78 is 41.9. The van der Waals surface area contributed by atoms with Crippen molar-refractivity contribution in [3.8, 4) is 0 Å². The molecule has 0 aliphatic rings. The van der Waals surface area contributed by atoms with Crippen LogP contribution in [0.25, 0.3) is 0 Å². The molecule has 1 aromatic rings. The molecule has 9 heteroatoms. The van der Waals surface area contributed by atoms with Crippen LogP contribution in [0.15, 0.2) is 23.3 Å². The highest BCUT2D eigenvalue weighted by Gasteiger charge is 2.30. The number of methoxy groups -OCH3 is 1. The fraction of sp³-hybridized carbons (Fsp3) is 0.538. The number of aliphatic imine (C=N–C) groups is 1. The van der Waals surface area contributed by atoms with Gasteiger partial charge in [0.05, 0.1) is 12.2 Å². The van der Waals surface area contributed by atoms with Gasteiger partial charge in [-0.25, -0.2) is 4.98 Å². The van der Waals surface area contributed by atoms with Crippen LogP contribution in [0.1, 0.15) is 12.0 Å². The molecule has 0 aliphatic carbocycles. The molecule has 0 aliphatic heterocycles. The summed E-state index contributed by atoms with van der Waals surface area (Å²) in [6.45, 7) is 2.16. The van der Waals surface area contributed by atoms with Gasteiger partial charge in [0.25, 0.3) is 0 Å². The van der Waals surface area contributed by atoms with Gasteiger partial charge in [-0.15, -0.1) is 0 Å². The van der Waals surface area contributed by atoms with Crippen LogP contribution in [-0.4, -0.2) is 44.3 Å². The Labute approximate surface area is 127 Å². The van der Waals surface area contributed by atoms with Crippen LogP contribution in [0.2, 0.25) is 0 Å². The summed E-state index contributed by atoms with van der Waals surface area (Å²) in [5.74, 6) is 0.730. The van der Waals surface area contributed by atoms with Crippen molar-refractivity contribution in [2.75, 3.05) is 38.7 Å². The summed E-state index contributed by atoms with van der Waals surface area (Å²) in [6, 6.07) is 2.29. The number of anilines is 1. The summed E-state index contributed by atoms with van der Waals surface area (Å²) in [5.41, 5.74) is 4.84. The second kappa shape index (κ2) is 9.08. The minimum atomic E-state index is -4.37. The van der Waals surface area contributed by atoms with Gasteiger partial charge in [-0.05, 0) is 18.6 Å². The first kappa shape index (κ1) is 18.0. The van der Waals surface area contributed by atoms with E-state index in [0.717, 1.165) is 12.3 Å². The molecule has 22 heavy (non-hydrogen) atoms. The van der Waals surface area contributed by atoms with Crippen LogP contribution in [0.5, 0.6) is 0 Å². The van der Waals surface area contributed by atoms with E-state index in [9.17, 15) is 13.2 Å². The number of guanidine groups is 1. The molecule has 1 heterocycles. The fourth-order valence-electron chi connectivity index (χ4n) is 1.50. The van der Waals surface area contributed by atoms with Gasteiger partial charge in [0.1, 0.15) is 5.82 Å². The average Bonchev–Trinajstić information content (AvgIpc) is 2.47. The second-order valence-corrected chi connectivity index (χ2v) is 4.40. The van der Waals surface area contributed by atoms with E-state index in [4.69, 9.17) is 10.5 Å². The lowest BCUT2D eigenvalue weighted by Gasteiger charge is -2.08. The monoisotopic (exact) mass is 319 g/mol. The first-order chi connectivity index (χ1) is 10.4. The summed E-state index contributed by atoms with van der Waals surface area (Å²) in [6.07, 6.45) is -2.89. The lowest BCUT2D eigenvalue weighted by atomic mass is 10.3. The standard InChI is InChI=1S/C13H20F3N5O/c1-22-8-7-20-12(17)19-6-2-5-18-11-4-3-10(9-21-11)13(14,15)16/h3-4,9H,2,5-8H2,1H3,(H,18,21)(H3,17,19,20). The van der Waals surface area contributed by atoms with Crippen LogP contribution >= 0.6 is 0 Å². The Balaban J connectivity index is 2.23. The predicted octanol–water partition coefficient (Wildman–Crippen LogP) is 1.45. The van der Waals surface area contributed by atoms with Crippen LogP contribution in [0, 0.1) is 0 Å². The van der Waals surface area contributed by atoms with Crippen molar-refractivity contribution in [1.82, 2.24) is 10.3 Å². The number of rotatable bonds is 8. The third-order valence-electron chi connectivity index (χ3n) is 2.63.